The molecule has 2 nitrogen and oxygen atoms in total. The normalized spacial score (nSPS) is 10.7. The van der Waals surface area contributed by atoms with Crippen molar-refractivity contribution in [3.8, 4) is 10.6 Å². The van der Waals surface area contributed by atoms with Crippen LogP contribution in [0.5, 0.6) is 0 Å². The van der Waals surface area contributed by atoms with Gasteiger partial charge in [0.25, 0.3) is 0 Å². The van der Waals surface area contributed by atoms with Gasteiger partial charge in [0.15, 0.2) is 0 Å². The molecule has 2 aromatic rings. The maximum absolute atomic E-state index is 4.50. The molecule has 90 valence electrons. The van der Waals surface area contributed by atoms with Gasteiger partial charge in [0, 0.05) is 16.6 Å². The van der Waals surface area contributed by atoms with Crippen LogP contribution >= 0.6 is 11.3 Å². The molecule has 17 heavy (non-hydrogen) atoms. The van der Waals surface area contributed by atoms with E-state index >= 15 is 0 Å². The summed E-state index contributed by atoms with van der Waals surface area (Å²) < 4.78 is 0. The Morgan fingerprint density at radius 2 is 2.24 bits per heavy atom. The van der Waals surface area contributed by atoms with E-state index in [-0.39, 0.29) is 0 Å². The molecule has 1 heterocycles. The Labute approximate surface area is 107 Å². The fraction of sp³-hybridized carbons (Fsp3) is 0.357. The number of thiazole rings is 1. The van der Waals surface area contributed by atoms with Crippen molar-refractivity contribution in [2.75, 3.05) is 13.6 Å². The van der Waals surface area contributed by atoms with Gasteiger partial charge in [0.05, 0.1) is 0 Å². The zero-order chi connectivity index (χ0) is 12.1. The first-order chi connectivity index (χ1) is 8.29. The van der Waals surface area contributed by atoms with Gasteiger partial charge in [0.2, 0.25) is 0 Å². The lowest BCUT2D eigenvalue weighted by Crippen LogP contribution is -2.07. The molecular weight excluding hydrogens is 228 g/mol. The second-order valence-electron chi connectivity index (χ2n) is 4.21. The Kier molecular flexibility index (Phi) is 4.29. The van der Waals surface area contributed by atoms with Gasteiger partial charge in [-0.15, -0.1) is 11.3 Å². The summed E-state index contributed by atoms with van der Waals surface area (Å²) in [6.07, 6.45) is 4.30. The van der Waals surface area contributed by atoms with Crippen LogP contribution in [0.25, 0.3) is 10.6 Å². The van der Waals surface area contributed by atoms with E-state index in [2.05, 4.69) is 41.5 Å². The number of rotatable bonds is 5. The van der Waals surface area contributed by atoms with Crippen LogP contribution in [0.2, 0.25) is 0 Å². The Morgan fingerprint density at radius 3 is 3.00 bits per heavy atom. The Balaban J connectivity index is 2.07. The first kappa shape index (κ1) is 12.3. The lowest BCUT2D eigenvalue weighted by atomic mass is 10.1. The minimum atomic E-state index is 1.07. The molecule has 0 aliphatic heterocycles. The second-order valence-corrected chi connectivity index (χ2v) is 5.32. The Bertz CT molecular complexity index is 477. The van der Waals surface area contributed by atoms with E-state index in [1.165, 1.54) is 22.4 Å². The second kappa shape index (κ2) is 5.94. The fourth-order valence-corrected chi connectivity index (χ4v) is 2.72. The van der Waals surface area contributed by atoms with E-state index in [4.69, 9.17) is 0 Å². The van der Waals surface area contributed by atoms with Crippen molar-refractivity contribution < 1.29 is 0 Å². The number of nitrogens with zero attached hydrogens (tertiary/aromatic N) is 1. The predicted octanol–water partition coefficient (Wildman–Crippen LogP) is 3.27. The van der Waals surface area contributed by atoms with Crippen molar-refractivity contribution in [3.05, 3.63) is 40.9 Å². The number of aromatic nitrogens is 1. The lowest BCUT2D eigenvalue weighted by molar-refractivity contribution is 0.729. The topological polar surface area (TPSA) is 24.9 Å². The molecule has 0 aliphatic rings. The van der Waals surface area contributed by atoms with Crippen molar-refractivity contribution >= 4 is 11.3 Å². The smallest absolute Gasteiger partial charge is 0.123 e. The summed E-state index contributed by atoms with van der Waals surface area (Å²) in [6.45, 7) is 3.18. The van der Waals surface area contributed by atoms with E-state index in [9.17, 15) is 0 Å². The highest BCUT2D eigenvalue weighted by atomic mass is 32.1. The van der Waals surface area contributed by atoms with Crippen molar-refractivity contribution in [2.45, 2.75) is 19.8 Å². The van der Waals surface area contributed by atoms with Crippen molar-refractivity contribution in [2.24, 2.45) is 0 Å². The minimum absolute atomic E-state index is 1.07. The molecule has 1 aromatic heterocycles. The molecule has 0 aliphatic carbocycles. The quantitative estimate of drug-likeness (QED) is 0.819. The Hall–Kier alpha value is -1.19. The number of benzene rings is 1. The molecule has 3 heteroatoms. The molecule has 1 aromatic carbocycles. The summed E-state index contributed by atoms with van der Waals surface area (Å²) in [5.41, 5.74) is 2.52. The molecule has 0 fully saturated rings. The van der Waals surface area contributed by atoms with Crippen LogP contribution < -0.4 is 5.32 Å². The fourth-order valence-electron chi connectivity index (χ4n) is 1.77. The lowest BCUT2D eigenvalue weighted by Gasteiger charge is -1.98. The SMILES string of the molecule is CNCCCc1cnc(-c2cccc(C)c2)s1. The molecule has 2 rings (SSSR count). The van der Waals surface area contributed by atoms with Gasteiger partial charge in [-0.1, -0.05) is 23.8 Å². The maximum atomic E-state index is 4.50. The van der Waals surface area contributed by atoms with Crippen LogP contribution in [0.4, 0.5) is 0 Å². The summed E-state index contributed by atoms with van der Waals surface area (Å²) >= 11 is 1.81. The molecule has 0 bridgehead atoms. The van der Waals surface area contributed by atoms with Crippen LogP contribution in [0, 0.1) is 6.92 Å². The van der Waals surface area contributed by atoms with Gasteiger partial charge >= 0.3 is 0 Å². The van der Waals surface area contributed by atoms with Gasteiger partial charge in [0.1, 0.15) is 5.01 Å². The zero-order valence-corrected chi connectivity index (χ0v) is 11.2. The van der Waals surface area contributed by atoms with E-state index in [1.54, 1.807) is 11.3 Å². The third kappa shape index (κ3) is 3.38. The molecule has 0 atom stereocenters. The molecule has 0 saturated carbocycles. The summed E-state index contributed by atoms with van der Waals surface area (Å²) in [6, 6.07) is 8.52. The van der Waals surface area contributed by atoms with Crippen LogP contribution in [-0.4, -0.2) is 18.6 Å². The monoisotopic (exact) mass is 246 g/mol. The minimum Gasteiger partial charge on any atom is -0.320 e. The van der Waals surface area contributed by atoms with E-state index in [1.807, 2.05) is 13.2 Å². The molecule has 1 N–H and O–H groups in total. The first-order valence-corrected chi connectivity index (χ1v) is 6.77. The van der Waals surface area contributed by atoms with Crippen molar-refractivity contribution in [1.29, 1.82) is 0 Å². The summed E-state index contributed by atoms with van der Waals surface area (Å²) in [5.74, 6) is 0. The van der Waals surface area contributed by atoms with Crippen molar-refractivity contribution in [1.82, 2.24) is 10.3 Å². The van der Waals surface area contributed by atoms with Crippen LogP contribution in [0.3, 0.4) is 0 Å². The third-order valence-electron chi connectivity index (χ3n) is 2.67. The van der Waals surface area contributed by atoms with Crippen LogP contribution in [-0.2, 0) is 6.42 Å². The van der Waals surface area contributed by atoms with Crippen molar-refractivity contribution in [3.63, 3.8) is 0 Å². The number of nitrogens with one attached hydrogen (secondary N) is 1. The molecule has 0 unspecified atom stereocenters. The van der Waals surface area contributed by atoms with Gasteiger partial charge in [-0.05, 0) is 39.4 Å². The zero-order valence-electron chi connectivity index (χ0n) is 10.4. The maximum Gasteiger partial charge on any atom is 0.123 e. The van der Waals surface area contributed by atoms with Crippen LogP contribution in [0.1, 0.15) is 16.9 Å². The summed E-state index contributed by atoms with van der Waals surface area (Å²) in [7, 11) is 1.99. The van der Waals surface area contributed by atoms with E-state index in [0.717, 1.165) is 18.0 Å². The number of aryl methyl sites for hydroxylation is 2. The largest absolute Gasteiger partial charge is 0.320 e. The third-order valence-corrected chi connectivity index (χ3v) is 3.77. The average molecular weight is 246 g/mol. The first-order valence-electron chi connectivity index (χ1n) is 5.96. The van der Waals surface area contributed by atoms with Gasteiger partial charge in [-0.25, -0.2) is 4.98 Å². The van der Waals surface area contributed by atoms with E-state index < -0.39 is 0 Å². The van der Waals surface area contributed by atoms with E-state index in [0.29, 0.717) is 0 Å². The van der Waals surface area contributed by atoms with Gasteiger partial charge in [-0.3, -0.25) is 0 Å². The highest BCUT2D eigenvalue weighted by molar-refractivity contribution is 7.15. The van der Waals surface area contributed by atoms with Gasteiger partial charge in [-0.2, -0.15) is 0 Å². The number of hydrogen-bond acceptors (Lipinski definition) is 3. The summed E-state index contributed by atoms with van der Waals surface area (Å²) in [5, 5.41) is 4.30. The molecular formula is C14H18N2S. The molecule has 0 spiro atoms. The summed E-state index contributed by atoms with van der Waals surface area (Å²) in [4.78, 5) is 5.88. The standard InChI is InChI=1S/C14H18N2S/c1-11-5-3-6-12(9-11)14-16-10-13(17-14)7-4-8-15-2/h3,5-6,9-10,15H,4,7-8H2,1-2H3. The highest BCUT2D eigenvalue weighted by Gasteiger charge is 2.04. The van der Waals surface area contributed by atoms with Crippen LogP contribution in [0.15, 0.2) is 30.5 Å². The molecule has 0 radical (unpaired) electrons. The molecule has 0 saturated heterocycles. The Morgan fingerprint density at radius 1 is 1.35 bits per heavy atom. The van der Waals surface area contributed by atoms with Gasteiger partial charge < -0.3 is 5.32 Å². The predicted molar refractivity (Wildman–Crippen MR) is 74.5 cm³/mol. The number of hydrogen-bond donors (Lipinski definition) is 1. The highest BCUT2D eigenvalue weighted by Crippen LogP contribution is 2.26. The average Bonchev–Trinajstić information content (AvgIpc) is 2.78. The molecule has 0 amide bonds.